The summed E-state index contributed by atoms with van der Waals surface area (Å²) in [6.07, 6.45) is 2.73. The Morgan fingerprint density at radius 2 is 2.22 bits per heavy atom. The molecule has 1 aliphatic heterocycles. The number of hydrogen-bond donors (Lipinski definition) is 2. The number of rotatable bonds is 3. The van der Waals surface area contributed by atoms with Crippen molar-refractivity contribution in [3.8, 4) is 0 Å². The van der Waals surface area contributed by atoms with E-state index in [0.717, 1.165) is 25.8 Å². The van der Waals surface area contributed by atoms with Crippen molar-refractivity contribution in [3.63, 3.8) is 0 Å². The standard InChI is InChI=1S/C13H17ClN2O.ClH/c1-2-13(8-5-9-15-13)12(17)16-11-7-4-3-6-10(11)14;/h3-4,6-7,15H,2,5,8-9H2,1H3,(H,16,17);1H. The topological polar surface area (TPSA) is 41.1 Å². The summed E-state index contributed by atoms with van der Waals surface area (Å²) in [4.78, 5) is 12.3. The minimum Gasteiger partial charge on any atom is -0.323 e. The maximum atomic E-state index is 12.3. The van der Waals surface area contributed by atoms with Gasteiger partial charge in [-0.1, -0.05) is 30.7 Å². The molecule has 0 aliphatic carbocycles. The Labute approximate surface area is 119 Å². The number of anilines is 1. The lowest BCUT2D eigenvalue weighted by molar-refractivity contribution is -0.122. The summed E-state index contributed by atoms with van der Waals surface area (Å²) < 4.78 is 0. The van der Waals surface area contributed by atoms with Crippen LogP contribution in [0.4, 0.5) is 5.69 Å². The van der Waals surface area contributed by atoms with Gasteiger partial charge in [-0.25, -0.2) is 0 Å². The highest BCUT2D eigenvalue weighted by Gasteiger charge is 2.39. The molecule has 0 spiro atoms. The highest BCUT2D eigenvalue weighted by Crippen LogP contribution is 2.27. The third-order valence-corrected chi connectivity index (χ3v) is 3.73. The zero-order chi connectivity index (χ0) is 12.3. The van der Waals surface area contributed by atoms with Crippen LogP contribution in [0, 0.1) is 0 Å². The molecule has 1 aromatic carbocycles. The molecule has 1 unspecified atom stereocenters. The van der Waals surface area contributed by atoms with Gasteiger partial charge in [0.05, 0.1) is 16.2 Å². The van der Waals surface area contributed by atoms with E-state index in [1.54, 1.807) is 6.07 Å². The van der Waals surface area contributed by atoms with Crippen LogP contribution in [0.5, 0.6) is 0 Å². The smallest absolute Gasteiger partial charge is 0.244 e. The predicted molar refractivity (Wildman–Crippen MR) is 77.6 cm³/mol. The SMILES string of the molecule is CCC1(C(=O)Nc2ccccc2Cl)CCCN1.Cl. The van der Waals surface area contributed by atoms with Crippen LogP contribution in [0.15, 0.2) is 24.3 Å². The van der Waals surface area contributed by atoms with Gasteiger partial charge in [0.2, 0.25) is 5.91 Å². The Hall–Kier alpha value is -0.770. The molecule has 1 aromatic rings. The summed E-state index contributed by atoms with van der Waals surface area (Å²) in [5.41, 5.74) is 0.264. The van der Waals surface area contributed by atoms with E-state index in [-0.39, 0.29) is 18.3 Å². The van der Waals surface area contributed by atoms with E-state index in [0.29, 0.717) is 10.7 Å². The maximum Gasteiger partial charge on any atom is 0.244 e. The molecule has 1 aliphatic rings. The second-order valence-electron chi connectivity index (χ2n) is 4.40. The van der Waals surface area contributed by atoms with Crippen LogP contribution in [-0.2, 0) is 4.79 Å². The quantitative estimate of drug-likeness (QED) is 0.897. The number of amides is 1. The summed E-state index contributed by atoms with van der Waals surface area (Å²) in [6.45, 7) is 2.94. The Bertz CT molecular complexity index is 417. The molecule has 2 rings (SSSR count). The number of benzene rings is 1. The molecule has 1 fully saturated rings. The normalized spacial score (nSPS) is 22.3. The fourth-order valence-electron chi connectivity index (χ4n) is 2.27. The second-order valence-corrected chi connectivity index (χ2v) is 4.81. The molecule has 2 N–H and O–H groups in total. The highest BCUT2D eigenvalue weighted by atomic mass is 35.5. The molecule has 0 saturated carbocycles. The average molecular weight is 289 g/mol. The Kier molecular flexibility index (Phi) is 5.45. The van der Waals surface area contributed by atoms with Crippen LogP contribution in [0.25, 0.3) is 0 Å². The molecule has 0 aromatic heterocycles. The molecule has 5 heteroatoms. The van der Waals surface area contributed by atoms with Gasteiger partial charge in [0.25, 0.3) is 0 Å². The number of nitrogens with one attached hydrogen (secondary N) is 2. The monoisotopic (exact) mass is 288 g/mol. The zero-order valence-corrected chi connectivity index (χ0v) is 11.9. The maximum absolute atomic E-state index is 12.3. The average Bonchev–Trinajstić information content (AvgIpc) is 2.82. The van der Waals surface area contributed by atoms with Crippen molar-refractivity contribution in [2.75, 3.05) is 11.9 Å². The molecule has 100 valence electrons. The van der Waals surface area contributed by atoms with E-state index in [2.05, 4.69) is 10.6 Å². The first kappa shape index (κ1) is 15.3. The molecule has 18 heavy (non-hydrogen) atoms. The molecule has 1 saturated heterocycles. The Morgan fingerprint density at radius 1 is 1.50 bits per heavy atom. The zero-order valence-electron chi connectivity index (χ0n) is 10.3. The van der Waals surface area contributed by atoms with Gasteiger partial charge < -0.3 is 10.6 Å². The lowest BCUT2D eigenvalue weighted by atomic mass is 9.93. The van der Waals surface area contributed by atoms with Crippen LogP contribution in [-0.4, -0.2) is 18.0 Å². The summed E-state index contributed by atoms with van der Waals surface area (Å²) in [7, 11) is 0. The van der Waals surface area contributed by atoms with Crippen molar-refractivity contribution >= 4 is 35.6 Å². The number of carbonyl (C=O) groups is 1. The van der Waals surface area contributed by atoms with Crippen molar-refractivity contribution < 1.29 is 4.79 Å². The fourth-order valence-corrected chi connectivity index (χ4v) is 2.45. The molecule has 0 bridgehead atoms. The molecular weight excluding hydrogens is 271 g/mol. The predicted octanol–water partition coefficient (Wildman–Crippen LogP) is 3.23. The summed E-state index contributed by atoms with van der Waals surface area (Å²) in [5.74, 6) is 0.0191. The van der Waals surface area contributed by atoms with Gasteiger partial charge in [-0.2, -0.15) is 0 Å². The third-order valence-electron chi connectivity index (χ3n) is 3.40. The Balaban J connectivity index is 0.00000162. The first-order chi connectivity index (χ1) is 8.18. The van der Waals surface area contributed by atoms with Crippen LogP contribution in [0.1, 0.15) is 26.2 Å². The minimum atomic E-state index is -0.417. The summed E-state index contributed by atoms with van der Waals surface area (Å²) in [5, 5.41) is 6.79. The van der Waals surface area contributed by atoms with Gasteiger partial charge in [0.1, 0.15) is 0 Å². The third kappa shape index (κ3) is 2.97. The van der Waals surface area contributed by atoms with E-state index < -0.39 is 5.54 Å². The lowest BCUT2D eigenvalue weighted by Crippen LogP contribution is -2.50. The van der Waals surface area contributed by atoms with Gasteiger partial charge >= 0.3 is 0 Å². The van der Waals surface area contributed by atoms with Crippen LogP contribution in [0.3, 0.4) is 0 Å². The number of carbonyl (C=O) groups excluding carboxylic acids is 1. The van der Waals surface area contributed by atoms with Gasteiger partial charge in [-0.05, 0) is 37.9 Å². The van der Waals surface area contributed by atoms with E-state index in [1.165, 1.54) is 0 Å². The van der Waals surface area contributed by atoms with Crippen molar-refractivity contribution in [1.82, 2.24) is 5.32 Å². The van der Waals surface area contributed by atoms with Gasteiger partial charge in [-0.15, -0.1) is 12.4 Å². The number of hydrogen-bond acceptors (Lipinski definition) is 2. The number of para-hydroxylation sites is 1. The molecule has 3 nitrogen and oxygen atoms in total. The van der Waals surface area contributed by atoms with Crippen molar-refractivity contribution in [2.24, 2.45) is 0 Å². The second kappa shape index (κ2) is 6.41. The number of halogens is 2. The van der Waals surface area contributed by atoms with Crippen molar-refractivity contribution in [2.45, 2.75) is 31.7 Å². The van der Waals surface area contributed by atoms with Crippen LogP contribution < -0.4 is 10.6 Å². The van der Waals surface area contributed by atoms with Gasteiger partial charge in [0, 0.05) is 0 Å². The van der Waals surface area contributed by atoms with E-state index in [4.69, 9.17) is 11.6 Å². The minimum absolute atomic E-state index is 0. The van der Waals surface area contributed by atoms with Gasteiger partial charge in [-0.3, -0.25) is 4.79 Å². The fraction of sp³-hybridized carbons (Fsp3) is 0.462. The largest absolute Gasteiger partial charge is 0.323 e. The molecule has 1 amide bonds. The lowest BCUT2D eigenvalue weighted by Gasteiger charge is -2.26. The Morgan fingerprint density at radius 3 is 2.78 bits per heavy atom. The van der Waals surface area contributed by atoms with Crippen molar-refractivity contribution in [1.29, 1.82) is 0 Å². The first-order valence-electron chi connectivity index (χ1n) is 5.99. The molecule has 1 atom stereocenters. The summed E-state index contributed by atoms with van der Waals surface area (Å²) >= 11 is 6.03. The van der Waals surface area contributed by atoms with Crippen LogP contribution >= 0.6 is 24.0 Å². The van der Waals surface area contributed by atoms with Crippen molar-refractivity contribution in [3.05, 3.63) is 29.3 Å². The van der Waals surface area contributed by atoms with Gasteiger partial charge in [0.15, 0.2) is 0 Å². The van der Waals surface area contributed by atoms with E-state index in [9.17, 15) is 4.79 Å². The highest BCUT2D eigenvalue weighted by molar-refractivity contribution is 6.33. The molecule has 1 heterocycles. The first-order valence-corrected chi connectivity index (χ1v) is 6.37. The van der Waals surface area contributed by atoms with E-state index in [1.807, 2.05) is 25.1 Å². The summed E-state index contributed by atoms with van der Waals surface area (Å²) in [6, 6.07) is 7.31. The molecular formula is C13H18Cl2N2O. The van der Waals surface area contributed by atoms with Crippen LogP contribution in [0.2, 0.25) is 5.02 Å². The van der Waals surface area contributed by atoms with E-state index >= 15 is 0 Å². The molecule has 0 radical (unpaired) electrons.